The molecule has 3 nitrogen and oxygen atoms in total. The number of rotatable bonds is 3. The third-order valence-electron chi connectivity index (χ3n) is 6.15. The van der Waals surface area contributed by atoms with Crippen LogP contribution in [0.1, 0.15) is 47.3 Å². The monoisotopic (exact) mass is 384 g/mol. The molecule has 0 unspecified atom stereocenters. The number of carbonyl (C=O) groups excluding carboxylic acids is 1. The standard InChI is InChI=1S/C23H28N2O.ClH/c1-16(2)17-9-11-19(12-10-17)23(26)25-14-20-13-24(3)22(21(20)15-25)18-7-5-4-6-8-18;/h4-12,16,20-22H,13-15H2,1-3H3;1H/t20-,21+,22-;/m0./s1. The molecule has 0 bridgehead atoms. The highest BCUT2D eigenvalue weighted by molar-refractivity contribution is 5.94. The zero-order valence-corrected chi connectivity index (χ0v) is 17.2. The van der Waals surface area contributed by atoms with Crippen LogP contribution in [0.4, 0.5) is 0 Å². The van der Waals surface area contributed by atoms with Crippen molar-refractivity contribution in [3.8, 4) is 0 Å². The van der Waals surface area contributed by atoms with Crippen molar-refractivity contribution in [3.05, 3.63) is 71.3 Å². The minimum absolute atomic E-state index is 0. The average molecular weight is 385 g/mol. The van der Waals surface area contributed by atoms with Crippen molar-refractivity contribution in [2.75, 3.05) is 26.7 Å². The normalized spacial score (nSPS) is 24.7. The van der Waals surface area contributed by atoms with Gasteiger partial charge in [-0.3, -0.25) is 9.69 Å². The number of amides is 1. The zero-order valence-electron chi connectivity index (χ0n) is 16.3. The number of likely N-dealkylation sites (tertiary alicyclic amines) is 2. The van der Waals surface area contributed by atoms with Crippen molar-refractivity contribution in [2.45, 2.75) is 25.8 Å². The summed E-state index contributed by atoms with van der Waals surface area (Å²) in [6.07, 6.45) is 0. The average Bonchev–Trinajstić information content (AvgIpc) is 3.18. The van der Waals surface area contributed by atoms with Gasteiger partial charge in [-0.05, 0) is 42.1 Å². The van der Waals surface area contributed by atoms with Crippen LogP contribution in [0.3, 0.4) is 0 Å². The van der Waals surface area contributed by atoms with Gasteiger partial charge in [0.1, 0.15) is 0 Å². The van der Waals surface area contributed by atoms with Gasteiger partial charge in [0.2, 0.25) is 0 Å². The van der Waals surface area contributed by atoms with Crippen LogP contribution in [0.15, 0.2) is 54.6 Å². The summed E-state index contributed by atoms with van der Waals surface area (Å²) < 4.78 is 0. The molecular weight excluding hydrogens is 356 g/mol. The smallest absolute Gasteiger partial charge is 0.253 e. The number of hydrogen-bond acceptors (Lipinski definition) is 2. The van der Waals surface area contributed by atoms with Gasteiger partial charge in [0.05, 0.1) is 0 Å². The number of nitrogens with zero attached hydrogens (tertiary/aromatic N) is 2. The van der Waals surface area contributed by atoms with Crippen LogP contribution < -0.4 is 0 Å². The maximum Gasteiger partial charge on any atom is 0.253 e. The predicted molar refractivity (Wildman–Crippen MR) is 112 cm³/mol. The van der Waals surface area contributed by atoms with Gasteiger partial charge in [0.15, 0.2) is 0 Å². The molecule has 2 aromatic carbocycles. The Morgan fingerprint density at radius 2 is 1.63 bits per heavy atom. The fraction of sp³-hybridized carbons (Fsp3) is 0.435. The second-order valence-corrected chi connectivity index (χ2v) is 8.21. The van der Waals surface area contributed by atoms with Crippen molar-refractivity contribution >= 4 is 18.3 Å². The van der Waals surface area contributed by atoms with Gasteiger partial charge in [0, 0.05) is 37.2 Å². The Labute approximate surface area is 168 Å². The Kier molecular flexibility index (Phi) is 5.92. The third kappa shape index (κ3) is 3.76. The molecule has 4 heteroatoms. The molecule has 2 heterocycles. The zero-order chi connectivity index (χ0) is 18.3. The van der Waals surface area contributed by atoms with E-state index in [-0.39, 0.29) is 18.3 Å². The predicted octanol–water partition coefficient (Wildman–Crippen LogP) is 4.61. The van der Waals surface area contributed by atoms with Gasteiger partial charge in [-0.15, -0.1) is 12.4 Å². The highest BCUT2D eigenvalue weighted by Gasteiger charge is 2.47. The molecule has 27 heavy (non-hydrogen) atoms. The molecule has 0 aromatic heterocycles. The Hall–Kier alpha value is -1.84. The molecule has 4 rings (SSSR count). The summed E-state index contributed by atoms with van der Waals surface area (Å²) in [5.74, 6) is 1.78. The number of benzene rings is 2. The molecule has 0 radical (unpaired) electrons. The lowest BCUT2D eigenvalue weighted by Crippen LogP contribution is -2.33. The highest BCUT2D eigenvalue weighted by atomic mass is 35.5. The quantitative estimate of drug-likeness (QED) is 0.771. The van der Waals surface area contributed by atoms with E-state index in [1.807, 2.05) is 12.1 Å². The van der Waals surface area contributed by atoms with E-state index in [4.69, 9.17) is 0 Å². The number of hydrogen-bond donors (Lipinski definition) is 0. The van der Waals surface area contributed by atoms with Crippen molar-refractivity contribution in [2.24, 2.45) is 11.8 Å². The van der Waals surface area contributed by atoms with E-state index in [1.54, 1.807) is 0 Å². The molecular formula is C23H29ClN2O. The van der Waals surface area contributed by atoms with E-state index in [2.05, 4.69) is 73.2 Å². The third-order valence-corrected chi connectivity index (χ3v) is 6.15. The summed E-state index contributed by atoms with van der Waals surface area (Å²) in [4.78, 5) is 17.5. The minimum atomic E-state index is 0. The molecule has 3 atom stereocenters. The molecule has 0 aliphatic carbocycles. The fourth-order valence-electron chi connectivity index (χ4n) is 4.77. The van der Waals surface area contributed by atoms with Crippen LogP contribution in [-0.2, 0) is 0 Å². The van der Waals surface area contributed by atoms with E-state index in [9.17, 15) is 4.79 Å². The summed E-state index contributed by atoms with van der Waals surface area (Å²) >= 11 is 0. The molecule has 0 saturated carbocycles. The second kappa shape index (κ2) is 8.04. The van der Waals surface area contributed by atoms with E-state index >= 15 is 0 Å². The molecule has 144 valence electrons. The van der Waals surface area contributed by atoms with Gasteiger partial charge in [-0.2, -0.15) is 0 Å². The molecule has 1 amide bonds. The Balaban J connectivity index is 0.00000210. The Morgan fingerprint density at radius 3 is 2.26 bits per heavy atom. The lowest BCUT2D eigenvalue weighted by atomic mass is 9.90. The first-order valence-corrected chi connectivity index (χ1v) is 9.69. The molecule has 2 fully saturated rings. The van der Waals surface area contributed by atoms with Crippen LogP contribution in [0.5, 0.6) is 0 Å². The van der Waals surface area contributed by atoms with Crippen LogP contribution in [0, 0.1) is 11.8 Å². The van der Waals surface area contributed by atoms with Gasteiger partial charge in [-0.1, -0.05) is 56.3 Å². The van der Waals surface area contributed by atoms with E-state index in [0.29, 0.717) is 23.8 Å². The van der Waals surface area contributed by atoms with Crippen molar-refractivity contribution < 1.29 is 4.79 Å². The molecule has 2 aromatic rings. The van der Waals surface area contributed by atoms with Crippen LogP contribution in [-0.4, -0.2) is 42.4 Å². The lowest BCUT2D eigenvalue weighted by molar-refractivity contribution is 0.0768. The maximum atomic E-state index is 13.0. The molecule has 2 saturated heterocycles. The summed E-state index contributed by atoms with van der Waals surface area (Å²) in [5, 5.41) is 0. The van der Waals surface area contributed by atoms with Gasteiger partial charge >= 0.3 is 0 Å². The van der Waals surface area contributed by atoms with Crippen LogP contribution in [0.2, 0.25) is 0 Å². The Morgan fingerprint density at radius 1 is 0.963 bits per heavy atom. The topological polar surface area (TPSA) is 23.6 Å². The van der Waals surface area contributed by atoms with Crippen molar-refractivity contribution in [1.82, 2.24) is 9.80 Å². The van der Waals surface area contributed by atoms with Crippen LogP contribution >= 0.6 is 12.4 Å². The first-order valence-electron chi connectivity index (χ1n) is 9.69. The van der Waals surface area contributed by atoms with Gasteiger partial charge in [-0.25, -0.2) is 0 Å². The number of halogens is 1. The highest BCUT2D eigenvalue weighted by Crippen LogP contribution is 2.44. The SMILES string of the molecule is CC(C)c1ccc(C(=O)N2C[C@@H]3CN(C)[C@@H](c4ccccc4)[C@@H]3C2)cc1.Cl. The molecule has 2 aliphatic heterocycles. The first-order chi connectivity index (χ1) is 12.5. The molecule has 0 N–H and O–H groups in total. The van der Waals surface area contributed by atoms with Gasteiger partial charge in [0.25, 0.3) is 5.91 Å². The lowest BCUT2D eigenvalue weighted by Gasteiger charge is -2.27. The van der Waals surface area contributed by atoms with E-state index in [0.717, 1.165) is 25.2 Å². The number of carbonyl (C=O) groups is 1. The van der Waals surface area contributed by atoms with Crippen LogP contribution in [0.25, 0.3) is 0 Å². The summed E-state index contributed by atoms with van der Waals surface area (Å²) in [5.41, 5.74) is 3.47. The van der Waals surface area contributed by atoms with E-state index < -0.39 is 0 Å². The number of fused-ring (bicyclic) bond motifs is 1. The molecule has 2 aliphatic rings. The molecule has 0 spiro atoms. The summed E-state index contributed by atoms with van der Waals surface area (Å²) in [6.45, 7) is 7.17. The largest absolute Gasteiger partial charge is 0.338 e. The van der Waals surface area contributed by atoms with Crippen molar-refractivity contribution in [1.29, 1.82) is 0 Å². The fourth-order valence-corrected chi connectivity index (χ4v) is 4.77. The maximum absolute atomic E-state index is 13.0. The summed E-state index contributed by atoms with van der Waals surface area (Å²) in [6, 6.07) is 19.3. The van der Waals surface area contributed by atoms with Crippen molar-refractivity contribution in [3.63, 3.8) is 0 Å². The Bertz CT molecular complexity index is 775. The first kappa shape index (κ1) is 19.9. The second-order valence-electron chi connectivity index (χ2n) is 8.21. The minimum Gasteiger partial charge on any atom is -0.338 e. The van der Waals surface area contributed by atoms with E-state index in [1.165, 1.54) is 11.1 Å². The van der Waals surface area contributed by atoms with Gasteiger partial charge < -0.3 is 4.90 Å². The summed E-state index contributed by atoms with van der Waals surface area (Å²) in [7, 11) is 2.22.